The summed E-state index contributed by atoms with van der Waals surface area (Å²) in [4.78, 5) is 34.5. The fourth-order valence-corrected chi connectivity index (χ4v) is 3.63. The van der Waals surface area contributed by atoms with Crippen molar-refractivity contribution in [3.63, 3.8) is 0 Å². The largest absolute Gasteiger partial charge is 0.370 e. The van der Waals surface area contributed by atoms with Crippen molar-refractivity contribution in [2.75, 3.05) is 0 Å². The SMILES string of the molecule is CC(CCCc1csc(N=C(N)N)n1)N1C(=O)c2ccccc2C1=O. The van der Waals surface area contributed by atoms with Crippen molar-refractivity contribution >= 4 is 34.2 Å². The monoisotopic (exact) mass is 357 g/mol. The molecule has 2 aromatic rings. The zero-order valence-electron chi connectivity index (χ0n) is 13.8. The Morgan fingerprint density at radius 3 is 2.48 bits per heavy atom. The molecule has 0 fully saturated rings. The predicted molar refractivity (Wildman–Crippen MR) is 96.9 cm³/mol. The molecule has 130 valence electrons. The summed E-state index contributed by atoms with van der Waals surface area (Å²) in [5, 5.41) is 2.44. The number of rotatable bonds is 6. The highest BCUT2D eigenvalue weighted by atomic mass is 32.1. The molecule has 1 aliphatic rings. The molecule has 0 aliphatic carbocycles. The van der Waals surface area contributed by atoms with Crippen molar-refractivity contribution in [2.45, 2.75) is 32.2 Å². The molecule has 1 atom stereocenters. The van der Waals surface area contributed by atoms with E-state index in [1.807, 2.05) is 12.3 Å². The number of aromatic nitrogens is 1. The lowest BCUT2D eigenvalue weighted by atomic mass is 10.1. The van der Waals surface area contributed by atoms with Gasteiger partial charge in [-0.05, 0) is 38.3 Å². The van der Waals surface area contributed by atoms with Gasteiger partial charge < -0.3 is 11.5 Å². The molecule has 0 saturated heterocycles. The van der Waals surface area contributed by atoms with Gasteiger partial charge in [-0.3, -0.25) is 14.5 Å². The van der Waals surface area contributed by atoms with Crippen LogP contribution in [0.5, 0.6) is 0 Å². The Bertz CT molecular complexity index is 806. The number of carbonyl (C=O) groups excluding carboxylic acids is 2. The summed E-state index contributed by atoms with van der Waals surface area (Å²) in [6, 6.07) is 6.78. The first-order valence-electron chi connectivity index (χ1n) is 7.98. The van der Waals surface area contributed by atoms with E-state index < -0.39 is 0 Å². The van der Waals surface area contributed by atoms with Gasteiger partial charge in [0, 0.05) is 11.4 Å². The van der Waals surface area contributed by atoms with E-state index in [1.165, 1.54) is 16.2 Å². The molecule has 3 rings (SSSR count). The Kier molecular flexibility index (Phi) is 4.80. The number of nitrogens with zero attached hydrogens (tertiary/aromatic N) is 3. The maximum absolute atomic E-state index is 12.4. The molecule has 4 N–H and O–H groups in total. The molecule has 25 heavy (non-hydrogen) atoms. The quantitative estimate of drug-likeness (QED) is 0.466. The maximum atomic E-state index is 12.4. The topological polar surface area (TPSA) is 115 Å². The molecule has 0 bridgehead atoms. The summed E-state index contributed by atoms with van der Waals surface area (Å²) >= 11 is 1.38. The molecule has 2 heterocycles. The van der Waals surface area contributed by atoms with Gasteiger partial charge in [0.25, 0.3) is 11.8 Å². The van der Waals surface area contributed by atoms with Crippen LogP contribution in [0.15, 0.2) is 34.6 Å². The molecule has 7 nitrogen and oxygen atoms in total. The van der Waals surface area contributed by atoms with E-state index in [-0.39, 0.29) is 23.8 Å². The molecule has 8 heteroatoms. The third-order valence-corrected chi connectivity index (χ3v) is 4.87. The lowest BCUT2D eigenvalue weighted by Gasteiger charge is -2.22. The fraction of sp³-hybridized carbons (Fsp3) is 0.294. The second-order valence-corrected chi connectivity index (χ2v) is 6.76. The third-order valence-electron chi connectivity index (χ3n) is 4.09. The van der Waals surface area contributed by atoms with Gasteiger partial charge in [0.05, 0.1) is 16.8 Å². The third kappa shape index (κ3) is 3.53. The zero-order valence-corrected chi connectivity index (χ0v) is 14.6. The van der Waals surface area contributed by atoms with Crippen molar-refractivity contribution < 1.29 is 9.59 Å². The highest BCUT2D eigenvalue weighted by molar-refractivity contribution is 7.13. The smallest absolute Gasteiger partial charge is 0.261 e. The lowest BCUT2D eigenvalue weighted by Crippen LogP contribution is -2.38. The van der Waals surface area contributed by atoms with Crippen LogP contribution in [-0.4, -0.2) is 33.7 Å². The van der Waals surface area contributed by atoms with Crippen LogP contribution < -0.4 is 11.5 Å². The Hall–Kier alpha value is -2.74. The number of thiazole rings is 1. The van der Waals surface area contributed by atoms with Crippen molar-refractivity contribution in [1.29, 1.82) is 0 Å². The van der Waals surface area contributed by atoms with Gasteiger partial charge in [0.2, 0.25) is 5.13 Å². The first kappa shape index (κ1) is 17.1. The first-order chi connectivity index (χ1) is 12.0. The number of hydrogen-bond donors (Lipinski definition) is 2. The highest BCUT2D eigenvalue weighted by Gasteiger charge is 2.37. The highest BCUT2D eigenvalue weighted by Crippen LogP contribution is 2.26. The summed E-state index contributed by atoms with van der Waals surface area (Å²) in [7, 11) is 0. The molecule has 1 aromatic heterocycles. The van der Waals surface area contributed by atoms with Gasteiger partial charge in [-0.25, -0.2) is 4.98 Å². The first-order valence-corrected chi connectivity index (χ1v) is 8.86. The lowest BCUT2D eigenvalue weighted by molar-refractivity contribution is 0.0589. The number of amides is 2. The van der Waals surface area contributed by atoms with Crippen LogP contribution in [-0.2, 0) is 6.42 Å². The van der Waals surface area contributed by atoms with Crippen molar-refractivity contribution in [3.8, 4) is 0 Å². The Morgan fingerprint density at radius 2 is 1.88 bits per heavy atom. The number of carbonyl (C=O) groups is 2. The van der Waals surface area contributed by atoms with Crippen LogP contribution in [0.2, 0.25) is 0 Å². The van der Waals surface area contributed by atoms with E-state index in [1.54, 1.807) is 24.3 Å². The zero-order chi connectivity index (χ0) is 18.0. The molecule has 2 amide bonds. The molecule has 0 saturated carbocycles. The summed E-state index contributed by atoms with van der Waals surface area (Å²) in [6.45, 7) is 1.90. The van der Waals surface area contributed by atoms with E-state index in [9.17, 15) is 9.59 Å². The Morgan fingerprint density at radius 1 is 1.24 bits per heavy atom. The minimum atomic E-state index is -0.211. The number of benzene rings is 1. The van der Waals surface area contributed by atoms with Crippen LogP contribution in [0.4, 0.5) is 5.13 Å². The van der Waals surface area contributed by atoms with E-state index in [2.05, 4.69) is 9.98 Å². The molecule has 1 aromatic carbocycles. The molecule has 1 aliphatic heterocycles. The van der Waals surface area contributed by atoms with Gasteiger partial charge in [-0.2, -0.15) is 4.99 Å². The number of fused-ring (bicyclic) bond motifs is 1. The van der Waals surface area contributed by atoms with Crippen LogP contribution in [0.1, 0.15) is 46.2 Å². The molecule has 1 unspecified atom stereocenters. The molecule has 0 spiro atoms. The fourth-order valence-electron chi connectivity index (χ4n) is 2.89. The number of imide groups is 1. The number of aliphatic imine (C=N–C) groups is 1. The average molecular weight is 357 g/mol. The molecular formula is C17H19N5O2S. The van der Waals surface area contributed by atoms with Crippen LogP contribution in [0, 0.1) is 0 Å². The number of aryl methyl sites for hydroxylation is 1. The normalized spacial score (nSPS) is 14.5. The summed E-state index contributed by atoms with van der Waals surface area (Å²) in [5.41, 5.74) is 12.5. The van der Waals surface area contributed by atoms with E-state index in [0.29, 0.717) is 22.7 Å². The van der Waals surface area contributed by atoms with Gasteiger partial charge in [-0.15, -0.1) is 11.3 Å². The maximum Gasteiger partial charge on any atom is 0.261 e. The average Bonchev–Trinajstić information content (AvgIpc) is 3.10. The van der Waals surface area contributed by atoms with E-state index >= 15 is 0 Å². The standard InChI is InChI=1S/C17H19N5O2S/c1-10(5-4-6-11-9-25-17(20-11)21-16(18)19)22-14(23)12-7-2-3-8-13(12)15(22)24/h2-3,7-10H,4-6H2,1H3,(H4,18,19,20,21). The van der Waals surface area contributed by atoms with Gasteiger partial charge in [0.15, 0.2) is 5.96 Å². The summed E-state index contributed by atoms with van der Waals surface area (Å²) < 4.78 is 0. The number of hydrogen-bond acceptors (Lipinski definition) is 5. The Balaban J connectivity index is 1.58. The number of guanidine groups is 1. The van der Waals surface area contributed by atoms with Gasteiger partial charge in [0.1, 0.15) is 0 Å². The predicted octanol–water partition coefficient (Wildman–Crippen LogP) is 2.06. The Labute approximate surface area is 149 Å². The number of nitrogens with two attached hydrogens (primary N) is 2. The van der Waals surface area contributed by atoms with Crippen LogP contribution in [0.3, 0.4) is 0 Å². The van der Waals surface area contributed by atoms with Gasteiger partial charge in [-0.1, -0.05) is 12.1 Å². The second-order valence-electron chi connectivity index (χ2n) is 5.93. The summed E-state index contributed by atoms with van der Waals surface area (Å²) in [5.74, 6) is -0.436. The van der Waals surface area contributed by atoms with E-state index in [4.69, 9.17) is 11.5 Å². The van der Waals surface area contributed by atoms with E-state index in [0.717, 1.165) is 18.5 Å². The van der Waals surface area contributed by atoms with Crippen molar-refractivity contribution in [1.82, 2.24) is 9.88 Å². The summed E-state index contributed by atoms with van der Waals surface area (Å²) in [6.07, 6.45) is 2.25. The van der Waals surface area contributed by atoms with Crippen molar-refractivity contribution in [3.05, 3.63) is 46.5 Å². The van der Waals surface area contributed by atoms with Gasteiger partial charge >= 0.3 is 0 Å². The minimum Gasteiger partial charge on any atom is -0.370 e. The molecule has 0 radical (unpaired) electrons. The molecular weight excluding hydrogens is 338 g/mol. The second kappa shape index (κ2) is 7.02. The van der Waals surface area contributed by atoms with Crippen LogP contribution >= 0.6 is 11.3 Å². The van der Waals surface area contributed by atoms with Crippen LogP contribution in [0.25, 0.3) is 0 Å². The minimum absolute atomic E-state index is 0.0138. The van der Waals surface area contributed by atoms with Crippen molar-refractivity contribution in [2.24, 2.45) is 16.5 Å².